The first-order chi connectivity index (χ1) is 14.5. The zero-order valence-electron chi connectivity index (χ0n) is 18.0. The highest BCUT2D eigenvalue weighted by molar-refractivity contribution is 5.62. The van der Waals surface area contributed by atoms with Gasteiger partial charge in [0.1, 0.15) is 5.82 Å². The minimum absolute atomic E-state index is 0.0373. The Morgan fingerprint density at radius 1 is 1.07 bits per heavy atom. The van der Waals surface area contributed by atoms with Gasteiger partial charge in [-0.1, -0.05) is 56.3 Å². The van der Waals surface area contributed by atoms with E-state index in [1.165, 1.54) is 11.1 Å². The highest BCUT2D eigenvalue weighted by Crippen LogP contribution is 2.43. The summed E-state index contributed by atoms with van der Waals surface area (Å²) in [5.41, 5.74) is 7.12. The number of allylic oxidation sites excluding steroid dienone is 1. The van der Waals surface area contributed by atoms with E-state index in [1.807, 2.05) is 12.1 Å². The molecule has 0 aromatic heterocycles. The zero-order valence-corrected chi connectivity index (χ0v) is 18.0. The van der Waals surface area contributed by atoms with Crippen molar-refractivity contribution in [1.82, 2.24) is 5.32 Å². The maximum atomic E-state index is 13.3. The first kappa shape index (κ1) is 20.8. The molecule has 3 heteroatoms. The lowest BCUT2D eigenvalue weighted by atomic mass is 9.70. The Hall–Kier alpha value is -2.48. The molecular formula is C27H31FN2. The van der Waals surface area contributed by atoms with Gasteiger partial charge in [-0.25, -0.2) is 4.39 Å². The molecule has 0 aliphatic carbocycles. The Kier molecular flexibility index (Phi) is 6.04. The lowest BCUT2D eigenvalue weighted by molar-refractivity contribution is 0.287. The van der Waals surface area contributed by atoms with Gasteiger partial charge in [-0.05, 0) is 74.0 Å². The van der Waals surface area contributed by atoms with Crippen LogP contribution in [0.3, 0.4) is 0 Å². The fourth-order valence-corrected chi connectivity index (χ4v) is 4.75. The van der Waals surface area contributed by atoms with Gasteiger partial charge in [0.25, 0.3) is 0 Å². The number of halogens is 1. The number of aliphatic imine (C=N–C) groups is 1. The maximum Gasteiger partial charge on any atom is 0.123 e. The number of hydrogen-bond acceptors (Lipinski definition) is 2. The maximum absolute atomic E-state index is 13.3. The molecule has 2 aliphatic rings. The summed E-state index contributed by atoms with van der Waals surface area (Å²) < 4.78 is 13.3. The Bertz CT molecular complexity index is 948. The van der Waals surface area contributed by atoms with E-state index >= 15 is 0 Å². The molecule has 4 rings (SSSR count). The summed E-state index contributed by atoms with van der Waals surface area (Å²) in [5, 5.41) is 3.50. The number of hydrogen-bond donors (Lipinski definition) is 1. The summed E-state index contributed by atoms with van der Waals surface area (Å²) in [6, 6.07) is 17.7. The van der Waals surface area contributed by atoms with Crippen LogP contribution in [0.1, 0.15) is 44.2 Å². The molecule has 2 aliphatic heterocycles. The second-order valence-electron chi connectivity index (χ2n) is 9.09. The second-order valence-corrected chi connectivity index (χ2v) is 9.09. The Morgan fingerprint density at radius 3 is 2.47 bits per heavy atom. The highest BCUT2D eigenvalue weighted by atomic mass is 19.1. The average Bonchev–Trinajstić information content (AvgIpc) is 2.99. The summed E-state index contributed by atoms with van der Waals surface area (Å²) >= 11 is 0. The van der Waals surface area contributed by atoms with Crippen molar-refractivity contribution in [3.63, 3.8) is 0 Å². The van der Waals surface area contributed by atoms with E-state index in [-0.39, 0.29) is 16.6 Å². The number of rotatable bonds is 5. The van der Waals surface area contributed by atoms with Crippen LogP contribution in [0.2, 0.25) is 0 Å². The summed E-state index contributed by atoms with van der Waals surface area (Å²) in [4.78, 5) is 4.96. The largest absolute Gasteiger partial charge is 0.317 e. The monoisotopic (exact) mass is 402 g/mol. The molecule has 30 heavy (non-hydrogen) atoms. The van der Waals surface area contributed by atoms with Crippen LogP contribution in [0.5, 0.6) is 0 Å². The minimum Gasteiger partial charge on any atom is -0.317 e. The molecule has 0 bridgehead atoms. The lowest BCUT2D eigenvalue weighted by Gasteiger charge is -2.37. The molecule has 0 radical (unpaired) electrons. The summed E-state index contributed by atoms with van der Waals surface area (Å²) in [5.74, 6) is 0.210. The van der Waals surface area contributed by atoms with Crippen LogP contribution in [-0.2, 0) is 11.8 Å². The number of benzene rings is 2. The predicted molar refractivity (Wildman–Crippen MR) is 122 cm³/mol. The molecule has 156 valence electrons. The molecule has 2 heterocycles. The van der Waals surface area contributed by atoms with Crippen LogP contribution < -0.4 is 5.32 Å². The van der Waals surface area contributed by atoms with Crippen LogP contribution in [0, 0.1) is 17.2 Å². The minimum atomic E-state index is -0.181. The fourth-order valence-electron chi connectivity index (χ4n) is 4.75. The standard InChI is InChI=1S/C27H31FN2/c1-21(20-22-8-10-24(28)11-9-22)26(2)13-12-25(30-19-14-26)27(15-17-29-18-16-27)23-6-4-3-5-7-23/h3-11,13,19,21,29H,14-18,20H2,1-2H3. The van der Waals surface area contributed by atoms with Crippen molar-refractivity contribution in [3.05, 3.63) is 89.0 Å². The van der Waals surface area contributed by atoms with Gasteiger partial charge in [-0.2, -0.15) is 0 Å². The quantitative estimate of drug-likeness (QED) is 0.624. The van der Waals surface area contributed by atoms with Crippen molar-refractivity contribution < 1.29 is 4.39 Å². The van der Waals surface area contributed by atoms with Crippen LogP contribution >= 0.6 is 0 Å². The molecule has 2 unspecified atom stereocenters. The van der Waals surface area contributed by atoms with Gasteiger partial charge in [-0.15, -0.1) is 5.73 Å². The molecule has 1 saturated heterocycles. The smallest absolute Gasteiger partial charge is 0.123 e. The van der Waals surface area contributed by atoms with Gasteiger partial charge in [0.2, 0.25) is 0 Å². The number of nitrogens with one attached hydrogen (secondary N) is 1. The van der Waals surface area contributed by atoms with E-state index in [4.69, 9.17) is 4.99 Å². The number of nitrogens with zero attached hydrogens (tertiary/aromatic N) is 1. The van der Waals surface area contributed by atoms with Crippen LogP contribution in [0.4, 0.5) is 4.39 Å². The highest BCUT2D eigenvalue weighted by Gasteiger charge is 2.39. The van der Waals surface area contributed by atoms with E-state index < -0.39 is 0 Å². The van der Waals surface area contributed by atoms with Crippen LogP contribution in [0.25, 0.3) is 0 Å². The molecule has 0 spiro atoms. The van der Waals surface area contributed by atoms with E-state index in [0.29, 0.717) is 5.92 Å². The topological polar surface area (TPSA) is 24.4 Å². The molecule has 2 aromatic rings. The van der Waals surface area contributed by atoms with E-state index in [9.17, 15) is 4.39 Å². The van der Waals surface area contributed by atoms with Crippen LogP contribution in [0.15, 0.2) is 77.1 Å². The van der Waals surface area contributed by atoms with Gasteiger partial charge in [0, 0.05) is 17.0 Å². The molecular weight excluding hydrogens is 371 g/mol. The molecule has 1 fully saturated rings. The molecule has 0 amide bonds. The third-order valence-electron chi connectivity index (χ3n) is 7.11. The van der Waals surface area contributed by atoms with Crippen LogP contribution in [-0.4, -0.2) is 19.3 Å². The lowest BCUT2D eigenvalue weighted by Crippen LogP contribution is -2.40. The molecule has 0 saturated carbocycles. The van der Waals surface area contributed by atoms with Gasteiger partial charge in [-0.3, -0.25) is 4.99 Å². The van der Waals surface area contributed by atoms with Crippen molar-refractivity contribution in [3.8, 4) is 0 Å². The molecule has 2 nitrogen and oxygen atoms in total. The van der Waals surface area contributed by atoms with Gasteiger partial charge >= 0.3 is 0 Å². The van der Waals surface area contributed by atoms with Gasteiger partial charge in [0.05, 0.1) is 5.70 Å². The Labute approximate surface area is 179 Å². The summed E-state index contributed by atoms with van der Waals surface area (Å²) in [7, 11) is 0. The van der Waals surface area contributed by atoms with E-state index in [2.05, 4.69) is 67.5 Å². The number of piperidine rings is 1. The molecule has 2 aromatic carbocycles. The first-order valence-electron chi connectivity index (χ1n) is 11.0. The normalized spacial score (nSPS) is 24.2. The molecule has 2 atom stereocenters. The van der Waals surface area contributed by atoms with Crippen molar-refractivity contribution in [1.29, 1.82) is 0 Å². The third-order valence-corrected chi connectivity index (χ3v) is 7.11. The predicted octanol–water partition coefficient (Wildman–Crippen LogP) is 5.85. The van der Waals surface area contributed by atoms with Crippen molar-refractivity contribution in [2.24, 2.45) is 16.3 Å². The zero-order chi connectivity index (χ0) is 21.0. The summed E-state index contributed by atoms with van der Waals surface area (Å²) in [6.07, 6.45) is 8.22. The second kappa shape index (κ2) is 8.71. The Balaban J connectivity index is 1.66. The Morgan fingerprint density at radius 2 is 1.77 bits per heavy atom. The van der Waals surface area contributed by atoms with Gasteiger partial charge in [0.15, 0.2) is 0 Å². The third kappa shape index (κ3) is 4.19. The van der Waals surface area contributed by atoms with E-state index in [0.717, 1.165) is 44.5 Å². The van der Waals surface area contributed by atoms with Crippen molar-refractivity contribution in [2.75, 3.05) is 13.1 Å². The first-order valence-corrected chi connectivity index (χ1v) is 11.0. The van der Waals surface area contributed by atoms with Crippen molar-refractivity contribution >= 4 is 6.21 Å². The average molecular weight is 403 g/mol. The van der Waals surface area contributed by atoms with E-state index in [1.54, 1.807) is 12.1 Å². The fraction of sp³-hybridized carbons (Fsp3) is 0.407. The molecule has 1 N–H and O–H groups in total. The SMILES string of the molecule is CC(Cc1ccc(F)cc1)C1(C)C=C=C(C2(c3ccccc3)CCNCC2)N=CC1. The van der Waals surface area contributed by atoms with Crippen molar-refractivity contribution in [2.45, 2.75) is 44.9 Å². The van der Waals surface area contributed by atoms with Gasteiger partial charge < -0.3 is 5.32 Å². The summed E-state index contributed by atoms with van der Waals surface area (Å²) in [6.45, 7) is 6.56.